The molecule has 0 spiro atoms. The summed E-state index contributed by atoms with van der Waals surface area (Å²) in [5, 5.41) is 2.48. The standard InChI is InChI=1S/C29H21F3N4O4/c1-40-28(39)24-22(16-34-27(38)18-9-7-17(8-10-18)19-13-14-33-15-19)25(37)21-11-12-23(29(30,31)32)35-26(21)36(24)20-5-3-2-4-6-20/h2-14H,15-16H2,1H3,(H,34,38). The van der Waals surface area contributed by atoms with Gasteiger partial charge in [-0.15, -0.1) is 0 Å². The third kappa shape index (κ3) is 5.00. The molecule has 4 aromatic rings. The molecule has 0 fully saturated rings. The second kappa shape index (κ2) is 10.6. The molecular formula is C29H21F3N4O4. The van der Waals surface area contributed by atoms with E-state index in [0.29, 0.717) is 18.2 Å². The maximum Gasteiger partial charge on any atom is 0.433 e. The van der Waals surface area contributed by atoms with E-state index in [9.17, 15) is 27.6 Å². The number of carbonyl (C=O) groups excluding carboxylic acids is 2. The first kappa shape index (κ1) is 26.5. The first-order chi connectivity index (χ1) is 19.2. The highest BCUT2D eigenvalue weighted by molar-refractivity contribution is 5.97. The average Bonchev–Trinajstić information content (AvgIpc) is 3.51. The van der Waals surface area contributed by atoms with Crippen LogP contribution in [0, 0.1) is 0 Å². The number of hydrogen-bond acceptors (Lipinski definition) is 6. The van der Waals surface area contributed by atoms with Gasteiger partial charge in [0.1, 0.15) is 17.0 Å². The minimum Gasteiger partial charge on any atom is -0.464 e. The number of allylic oxidation sites excluding steroid dienone is 1. The van der Waals surface area contributed by atoms with Crippen molar-refractivity contribution in [3.05, 3.63) is 111 Å². The lowest BCUT2D eigenvalue weighted by Gasteiger charge is -2.19. The first-order valence-corrected chi connectivity index (χ1v) is 12.1. The largest absolute Gasteiger partial charge is 0.464 e. The zero-order valence-electron chi connectivity index (χ0n) is 21.0. The summed E-state index contributed by atoms with van der Waals surface area (Å²) in [5.41, 5.74) is -0.372. The molecule has 0 aliphatic carbocycles. The molecule has 1 aliphatic heterocycles. The van der Waals surface area contributed by atoms with Gasteiger partial charge >= 0.3 is 12.1 Å². The van der Waals surface area contributed by atoms with Gasteiger partial charge in [-0.05, 0) is 53.6 Å². The molecule has 1 aliphatic rings. The van der Waals surface area contributed by atoms with Crippen LogP contribution in [0.1, 0.15) is 37.7 Å². The Bertz CT molecular complexity index is 1740. The highest BCUT2D eigenvalue weighted by Gasteiger charge is 2.34. The highest BCUT2D eigenvalue weighted by atomic mass is 19.4. The molecule has 11 heteroatoms. The second-order valence-electron chi connectivity index (χ2n) is 8.83. The van der Waals surface area contributed by atoms with Crippen LogP contribution in [-0.4, -0.2) is 41.3 Å². The fourth-order valence-corrected chi connectivity index (χ4v) is 4.41. The van der Waals surface area contributed by atoms with Gasteiger partial charge in [0.2, 0.25) is 0 Å². The van der Waals surface area contributed by atoms with Crippen molar-refractivity contribution < 1.29 is 27.5 Å². The Morgan fingerprint density at radius 2 is 1.75 bits per heavy atom. The Labute approximate surface area is 225 Å². The van der Waals surface area contributed by atoms with Crippen LogP contribution in [0.25, 0.3) is 22.3 Å². The maximum atomic E-state index is 13.5. The van der Waals surface area contributed by atoms with E-state index >= 15 is 0 Å². The lowest BCUT2D eigenvalue weighted by Crippen LogP contribution is -2.31. The molecule has 2 aromatic heterocycles. The van der Waals surface area contributed by atoms with Crippen molar-refractivity contribution in [1.29, 1.82) is 0 Å². The van der Waals surface area contributed by atoms with Crippen LogP contribution in [0.2, 0.25) is 0 Å². The van der Waals surface area contributed by atoms with Gasteiger partial charge in [0.25, 0.3) is 5.91 Å². The third-order valence-corrected chi connectivity index (χ3v) is 6.39. The molecule has 0 saturated heterocycles. The number of nitrogens with one attached hydrogen (secondary N) is 1. The number of esters is 1. The number of hydrogen-bond donors (Lipinski definition) is 1. The molecule has 2 aromatic carbocycles. The Balaban J connectivity index is 1.60. The summed E-state index contributed by atoms with van der Waals surface area (Å²) in [6.45, 7) is 0.156. The van der Waals surface area contributed by atoms with Crippen LogP contribution >= 0.6 is 0 Å². The molecule has 202 valence electrons. The Morgan fingerprint density at radius 1 is 1.02 bits per heavy atom. The van der Waals surface area contributed by atoms with Crippen LogP contribution < -0.4 is 10.7 Å². The molecule has 8 nitrogen and oxygen atoms in total. The monoisotopic (exact) mass is 546 g/mol. The molecule has 1 amide bonds. The number of para-hydroxylation sites is 1. The van der Waals surface area contributed by atoms with E-state index in [1.807, 2.05) is 6.08 Å². The number of pyridine rings is 2. The lowest BCUT2D eigenvalue weighted by molar-refractivity contribution is -0.141. The van der Waals surface area contributed by atoms with Crippen LogP contribution in [0.4, 0.5) is 13.2 Å². The van der Waals surface area contributed by atoms with Gasteiger partial charge in [0, 0.05) is 24.0 Å². The Morgan fingerprint density at radius 3 is 2.38 bits per heavy atom. The molecular weight excluding hydrogens is 525 g/mol. The van der Waals surface area contributed by atoms with Crippen molar-refractivity contribution in [3.8, 4) is 5.69 Å². The van der Waals surface area contributed by atoms with Gasteiger partial charge < -0.3 is 10.1 Å². The molecule has 0 unspecified atom stereocenters. The van der Waals surface area contributed by atoms with E-state index in [4.69, 9.17) is 4.74 Å². The van der Waals surface area contributed by atoms with Crippen LogP contribution in [0.5, 0.6) is 0 Å². The van der Waals surface area contributed by atoms with Crippen molar-refractivity contribution >= 4 is 34.7 Å². The second-order valence-corrected chi connectivity index (χ2v) is 8.83. The number of alkyl halides is 3. The summed E-state index contributed by atoms with van der Waals surface area (Å²) in [5.74, 6) is -1.50. The molecule has 0 atom stereocenters. The molecule has 0 saturated carbocycles. The van der Waals surface area contributed by atoms with E-state index in [2.05, 4.69) is 15.3 Å². The van der Waals surface area contributed by atoms with Gasteiger partial charge in [-0.3, -0.25) is 19.1 Å². The van der Waals surface area contributed by atoms with Crippen LogP contribution in [0.3, 0.4) is 0 Å². The number of rotatable bonds is 6. The van der Waals surface area contributed by atoms with Crippen molar-refractivity contribution in [1.82, 2.24) is 14.9 Å². The fraction of sp³-hybridized carbons (Fsp3) is 0.138. The molecule has 5 rings (SSSR count). The predicted molar refractivity (Wildman–Crippen MR) is 143 cm³/mol. The predicted octanol–water partition coefficient (Wildman–Crippen LogP) is 4.59. The number of halogens is 3. The number of methoxy groups -OCH3 is 1. The van der Waals surface area contributed by atoms with Crippen molar-refractivity contribution in [2.24, 2.45) is 4.99 Å². The number of ether oxygens (including phenoxy) is 1. The summed E-state index contributed by atoms with van der Waals surface area (Å²) in [4.78, 5) is 47.4. The van der Waals surface area contributed by atoms with Gasteiger partial charge in [-0.2, -0.15) is 13.2 Å². The fourth-order valence-electron chi connectivity index (χ4n) is 4.41. The molecule has 0 radical (unpaired) electrons. The summed E-state index contributed by atoms with van der Waals surface area (Å²) in [7, 11) is 1.08. The summed E-state index contributed by atoms with van der Waals surface area (Å²) in [6, 6.07) is 16.5. The van der Waals surface area contributed by atoms with Gasteiger partial charge in [-0.25, -0.2) is 9.78 Å². The number of aliphatic imine (C=N–C) groups is 1. The van der Waals surface area contributed by atoms with E-state index in [1.54, 1.807) is 60.8 Å². The number of fused-ring (bicyclic) bond motifs is 1. The quantitative estimate of drug-likeness (QED) is 0.357. The third-order valence-electron chi connectivity index (χ3n) is 6.39. The van der Waals surface area contributed by atoms with Gasteiger partial charge in [0.05, 0.1) is 24.6 Å². The molecule has 40 heavy (non-hydrogen) atoms. The smallest absolute Gasteiger partial charge is 0.433 e. The van der Waals surface area contributed by atoms with Crippen molar-refractivity contribution in [2.45, 2.75) is 12.7 Å². The van der Waals surface area contributed by atoms with Crippen LogP contribution in [0.15, 0.2) is 82.6 Å². The average molecular weight is 547 g/mol. The lowest BCUT2D eigenvalue weighted by atomic mass is 10.0. The number of aromatic nitrogens is 2. The first-order valence-electron chi connectivity index (χ1n) is 12.1. The number of nitrogens with zero attached hydrogens (tertiary/aromatic N) is 3. The topological polar surface area (TPSA) is 103 Å². The van der Waals surface area contributed by atoms with E-state index in [0.717, 1.165) is 28.9 Å². The van der Waals surface area contributed by atoms with Gasteiger partial charge in [-0.1, -0.05) is 30.3 Å². The number of benzene rings is 2. The highest BCUT2D eigenvalue weighted by Crippen LogP contribution is 2.30. The molecule has 1 N–H and O–H groups in total. The van der Waals surface area contributed by atoms with E-state index in [1.165, 1.54) is 0 Å². The zero-order chi connectivity index (χ0) is 28.4. The minimum atomic E-state index is -4.79. The summed E-state index contributed by atoms with van der Waals surface area (Å²) >= 11 is 0. The summed E-state index contributed by atoms with van der Waals surface area (Å²) < 4.78 is 46.7. The SMILES string of the molecule is COC(=O)c1c(CNC(=O)c2ccc(C3=CC=NC3)cc2)c(=O)c2ccc(C(F)(F)F)nc2n1-c1ccccc1. The molecule has 3 heterocycles. The van der Waals surface area contributed by atoms with Gasteiger partial charge in [0.15, 0.2) is 5.43 Å². The maximum absolute atomic E-state index is 13.5. The summed E-state index contributed by atoms with van der Waals surface area (Å²) in [6.07, 6.45) is -1.20. The Kier molecular flexibility index (Phi) is 7.03. The Hall–Kier alpha value is -5.06. The van der Waals surface area contributed by atoms with E-state index in [-0.39, 0.29) is 28.0 Å². The number of carbonyl (C=O) groups is 2. The van der Waals surface area contributed by atoms with E-state index < -0.39 is 35.7 Å². The van der Waals surface area contributed by atoms with Crippen LogP contribution in [-0.2, 0) is 17.5 Å². The zero-order valence-corrected chi connectivity index (χ0v) is 21.0. The van der Waals surface area contributed by atoms with Crippen molar-refractivity contribution in [2.75, 3.05) is 13.7 Å². The normalized spacial score (nSPS) is 12.8. The van der Waals surface area contributed by atoms with Crippen molar-refractivity contribution in [3.63, 3.8) is 0 Å². The number of amides is 1. The molecule has 0 bridgehead atoms. The minimum absolute atomic E-state index is 0.162.